The molecule has 0 bridgehead atoms. The lowest BCUT2D eigenvalue weighted by Crippen LogP contribution is -2.45. The summed E-state index contributed by atoms with van der Waals surface area (Å²) < 4.78 is 5.11. The fourth-order valence-corrected chi connectivity index (χ4v) is 1.70. The first kappa shape index (κ1) is 18.0. The first-order valence-electron chi connectivity index (χ1n) is 6.68. The molecular weight excluding hydrogens is 304 g/mol. The largest absolute Gasteiger partial charge is 0.448 e. The van der Waals surface area contributed by atoms with Crippen LogP contribution in [0.2, 0.25) is 0 Å². The van der Waals surface area contributed by atoms with Crippen molar-refractivity contribution in [2.24, 2.45) is 17.4 Å². The number of carbonyl (C=O) groups is 4. The molecule has 0 saturated heterocycles. The van der Waals surface area contributed by atoms with Gasteiger partial charge in [-0.2, -0.15) is 0 Å². The number of imide groups is 1. The van der Waals surface area contributed by atoms with Crippen molar-refractivity contribution in [1.29, 1.82) is 0 Å². The average molecular weight is 322 g/mol. The normalized spacial score (nSPS) is 11.4. The Kier molecular flexibility index (Phi) is 6.07. The van der Waals surface area contributed by atoms with Crippen LogP contribution in [0.1, 0.15) is 24.2 Å². The van der Waals surface area contributed by atoms with Crippen LogP contribution in [0.5, 0.6) is 0 Å². The van der Waals surface area contributed by atoms with Gasteiger partial charge in [0.25, 0.3) is 5.91 Å². The summed E-state index contributed by atoms with van der Waals surface area (Å²) in [4.78, 5) is 45.3. The van der Waals surface area contributed by atoms with Crippen LogP contribution >= 0.6 is 0 Å². The lowest BCUT2D eigenvalue weighted by atomic mass is 10.1. The number of anilines is 1. The summed E-state index contributed by atoms with van der Waals surface area (Å²) in [6, 6.07) is 3.94. The van der Waals surface area contributed by atoms with Crippen molar-refractivity contribution < 1.29 is 23.9 Å². The monoisotopic (exact) mass is 322 g/mol. The van der Waals surface area contributed by atoms with Crippen molar-refractivity contribution in [2.75, 3.05) is 5.32 Å². The zero-order valence-corrected chi connectivity index (χ0v) is 12.7. The zero-order valence-electron chi connectivity index (χ0n) is 12.7. The number of hydrogen-bond donors (Lipinski definition) is 4. The van der Waals surface area contributed by atoms with E-state index in [9.17, 15) is 19.2 Å². The minimum atomic E-state index is -1.17. The molecule has 124 valence electrons. The number of primary amides is 2. The van der Waals surface area contributed by atoms with Crippen LogP contribution in [0.15, 0.2) is 24.3 Å². The topological polar surface area (TPSA) is 154 Å². The quantitative estimate of drug-likeness (QED) is 0.583. The predicted octanol–water partition coefficient (Wildman–Crippen LogP) is 0.554. The van der Waals surface area contributed by atoms with Crippen LogP contribution in [-0.2, 0) is 9.53 Å². The summed E-state index contributed by atoms with van der Waals surface area (Å²) in [6.45, 7) is 3.30. The smallest absolute Gasteiger partial charge is 0.338 e. The summed E-state index contributed by atoms with van der Waals surface area (Å²) in [7, 11) is 0. The van der Waals surface area contributed by atoms with Gasteiger partial charge in [0.05, 0.1) is 5.56 Å². The minimum Gasteiger partial charge on any atom is -0.448 e. The molecule has 9 nitrogen and oxygen atoms in total. The third-order valence-corrected chi connectivity index (χ3v) is 2.73. The van der Waals surface area contributed by atoms with E-state index in [0.29, 0.717) is 5.69 Å². The van der Waals surface area contributed by atoms with Gasteiger partial charge >= 0.3 is 18.0 Å². The fraction of sp³-hybridized carbons (Fsp3) is 0.286. The molecule has 0 aliphatic heterocycles. The van der Waals surface area contributed by atoms with Crippen molar-refractivity contribution >= 4 is 29.6 Å². The highest BCUT2D eigenvalue weighted by atomic mass is 16.5. The second-order valence-corrected chi connectivity index (χ2v) is 4.99. The average Bonchev–Trinajstić information content (AvgIpc) is 2.43. The summed E-state index contributed by atoms with van der Waals surface area (Å²) in [6.07, 6.45) is -1.17. The summed E-state index contributed by atoms with van der Waals surface area (Å²) in [5.41, 5.74) is 10.4. The highest BCUT2D eigenvalue weighted by Crippen LogP contribution is 2.14. The molecule has 1 aromatic rings. The first-order chi connectivity index (χ1) is 10.7. The standard InChI is InChI=1S/C14H18N4O5/c1-7(2)10(11(19)18-14(16)22)23-12(20)8-3-5-9(6-4-8)17-13(15)21/h3-7,10H,1-2H3,(H3,15,17,21)(H3,16,18,19,22). The number of rotatable bonds is 5. The maximum atomic E-state index is 12.1. The number of benzene rings is 1. The zero-order chi connectivity index (χ0) is 17.6. The maximum absolute atomic E-state index is 12.1. The molecule has 6 N–H and O–H groups in total. The molecule has 0 fully saturated rings. The number of hydrogen-bond acceptors (Lipinski definition) is 5. The Labute approximate surface area is 132 Å². The maximum Gasteiger partial charge on any atom is 0.338 e. The van der Waals surface area contributed by atoms with Crippen LogP contribution in [-0.4, -0.2) is 30.0 Å². The van der Waals surface area contributed by atoms with Crippen LogP contribution in [0.4, 0.5) is 15.3 Å². The van der Waals surface area contributed by atoms with Crippen molar-refractivity contribution in [3.8, 4) is 0 Å². The second kappa shape index (κ2) is 7.78. The second-order valence-electron chi connectivity index (χ2n) is 4.99. The van der Waals surface area contributed by atoms with Gasteiger partial charge < -0.3 is 21.5 Å². The lowest BCUT2D eigenvalue weighted by Gasteiger charge is -2.19. The third kappa shape index (κ3) is 5.65. The van der Waals surface area contributed by atoms with E-state index in [1.807, 2.05) is 5.32 Å². The van der Waals surface area contributed by atoms with Crippen LogP contribution < -0.4 is 22.1 Å². The number of esters is 1. The Morgan fingerprint density at radius 3 is 2.00 bits per heavy atom. The molecule has 0 aromatic heterocycles. The van der Waals surface area contributed by atoms with Crippen molar-refractivity contribution in [2.45, 2.75) is 20.0 Å². The lowest BCUT2D eigenvalue weighted by molar-refractivity contribution is -0.130. The van der Waals surface area contributed by atoms with Crippen LogP contribution in [0.25, 0.3) is 0 Å². The Morgan fingerprint density at radius 2 is 1.57 bits per heavy atom. The van der Waals surface area contributed by atoms with E-state index in [2.05, 4.69) is 5.32 Å². The van der Waals surface area contributed by atoms with E-state index in [1.165, 1.54) is 24.3 Å². The molecular formula is C14H18N4O5. The van der Waals surface area contributed by atoms with Crippen LogP contribution in [0, 0.1) is 5.92 Å². The number of nitrogens with one attached hydrogen (secondary N) is 2. The summed E-state index contributed by atoms with van der Waals surface area (Å²) in [5, 5.41) is 4.21. The summed E-state index contributed by atoms with van der Waals surface area (Å²) >= 11 is 0. The number of nitrogens with two attached hydrogens (primary N) is 2. The van der Waals surface area contributed by atoms with Gasteiger partial charge in [0.15, 0.2) is 6.10 Å². The fourth-order valence-electron chi connectivity index (χ4n) is 1.70. The van der Waals surface area contributed by atoms with E-state index >= 15 is 0 Å². The van der Waals surface area contributed by atoms with E-state index < -0.39 is 30.0 Å². The van der Waals surface area contributed by atoms with Crippen molar-refractivity contribution in [3.63, 3.8) is 0 Å². The van der Waals surface area contributed by atoms with Gasteiger partial charge in [-0.3, -0.25) is 10.1 Å². The Hall–Kier alpha value is -3.10. The van der Waals surface area contributed by atoms with Gasteiger partial charge in [-0.1, -0.05) is 13.8 Å². The Balaban J connectivity index is 2.80. The minimum absolute atomic E-state index is 0.164. The molecule has 1 rings (SSSR count). The molecule has 0 spiro atoms. The first-order valence-corrected chi connectivity index (χ1v) is 6.68. The highest BCUT2D eigenvalue weighted by Gasteiger charge is 2.27. The molecule has 0 aliphatic carbocycles. The van der Waals surface area contributed by atoms with Gasteiger partial charge in [-0.05, 0) is 30.2 Å². The van der Waals surface area contributed by atoms with Gasteiger partial charge in [-0.15, -0.1) is 0 Å². The number of carbonyl (C=O) groups excluding carboxylic acids is 4. The van der Waals surface area contributed by atoms with Crippen molar-refractivity contribution in [1.82, 2.24) is 5.32 Å². The molecule has 0 saturated carbocycles. The Morgan fingerprint density at radius 1 is 1.00 bits per heavy atom. The molecule has 1 atom stereocenters. The van der Waals surface area contributed by atoms with E-state index in [0.717, 1.165) is 0 Å². The van der Waals surface area contributed by atoms with Crippen LogP contribution in [0.3, 0.4) is 0 Å². The molecule has 0 radical (unpaired) electrons. The molecule has 0 aliphatic rings. The molecule has 0 heterocycles. The number of ether oxygens (including phenoxy) is 1. The molecule has 23 heavy (non-hydrogen) atoms. The number of amides is 5. The van der Waals surface area contributed by atoms with Gasteiger partial charge in [0.1, 0.15) is 0 Å². The van der Waals surface area contributed by atoms with Gasteiger partial charge in [-0.25, -0.2) is 14.4 Å². The van der Waals surface area contributed by atoms with Gasteiger partial charge in [0.2, 0.25) is 0 Å². The highest BCUT2D eigenvalue weighted by molar-refractivity contribution is 5.98. The predicted molar refractivity (Wildman–Crippen MR) is 81.4 cm³/mol. The van der Waals surface area contributed by atoms with Gasteiger partial charge in [0, 0.05) is 5.69 Å². The molecule has 1 aromatic carbocycles. The third-order valence-electron chi connectivity index (χ3n) is 2.73. The molecule has 9 heteroatoms. The van der Waals surface area contributed by atoms with E-state index in [-0.39, 0.29) is 11.5 Å². The SMILES string of the molecule is CC(C)C(OC(=O)c1ccc(NC(N)=O)cc1)C(=O)NC(N)=O. The van der Waals surface area contributed by atoms with Crippen molar-refractivity contribution in [3.05, 3.63) is 29.8 Å². The van der Waals surface area contributed by atoms with E-state index in [4.69, 9.17) is 16.2 Å². The molecule has 1 unspecified atom stereocenters. The summed E-state index contributed by atoms with van der Waals surface area (Å²) in [5.74, 6) is -1.92. The number of urea groups is 2. The Bertz CT molecular complexity index is 612. The molecule has 5 amide bonds. The van der Waals surface area contributed by atoms with E-state index in [1.54, 1.807) is 13.8 Å².